The molecule has 2 aromatic heterocycles. The van der Waals surface area contributed by atoms with E-state index in [-0.39, 0.29) is 23.1 Å². The molecule has 34 heavy (non-hydrogen) atoms. The number of hydrogen-bond acceptors (Lipinski definition) is 4. The van der Waals surface area contributed by atoms with Gasteiger partial charge in [-0.3, -0.25) is 9.89 Å². The number of aromatic hydroxyl groups is 1. The standard InChI is InChI=1S/C28H29N3O3/c1-16-13-17(2)26(32)21(14-16)23-22-24(30-29-23)27(33)31(15-20-7-6-12-34-20)25(22)18-8-10-19(11-9-18)28(3,4)5/h6-14,25,32H,15H2,1-5H3,(H,29,30). The number of aryl methyl sites for hydroxylation is 2. The monoisotopic (exact) mass is 455 g/mol. The second-order valence-electron chi connectivity index (χ2n) is 10.1. The maximum Gasteiger partial charge on any atom is 0.273 e. The van der Waals surface area contributed by atoms with Crippen LogP contribution in [0.1, 0.15) is 70.9 Å². The molecular formula is C28H29N3O3. The summed E-state index contributed by atoms with van der Waals surface area (Å²) in [5, 5.41) is 18.4. The van der Waals surface area contributed by atoms with Gasteiger partial charge in [-0.05, 0) is 59.7 Å². The van der Waals surface area contributed by atoms with Crippen LogP contribution in [0.2, 0.25) is 0 Å². The van der Waals surface area contributed by atoms with Gasteiger partial charge in [0.1, 0.15) is 22.9 Å². The highest BCUT2D eigenvalue weighted by molar-refractivity contribution is 6.00. The molecule has 0 spiro atoms. The number of nitrogens with zero attached hydrogens (tertiary/aromatic N) is 2. The van der Waals surface area contributed by atoms with E-state index in [0.717, 1.165) is 22.3 Å². The Labute approximate surface area is 199 Å². The fraction of sp³-hybridized carbons (Fsp3) is 0.286. The minimum absolute atomic E-state index is 0.0225. The van der Waals surface area contributed by atoms with Crippen molar-refractivity contribution in [3.05, 3.63) is 94.1 Å². The van der Waals surface area contributed by atoms with Gasteiger partial charge in [0, 0.05) is 11.1 Å². The van der Waals surface area contributed by atoms with Crippen LogP contribution in [-0.4, -0.2) is 26.1 Å². The second-order valence-corrected chi connectivity index (χ2v) is 10.1. The number of aromatic nitrogens is 2. The number of phenols is 1. The molecule has 0 saturated heterocycles. The lowest BCUT2D eigenvalue weighted by Gasteiger charge is -2.27. The molecule has 0 radical (unpaired) electrons. The number of amides is 1. The first-order valence-electron chi connectivity index (χ1n) is 11.5. The van der Waals surface area contributed by atoms with E-state index in [1.54, 1.807) is 11.2 Å². The van der Waals surface area contributed by atoms with Crippen LogP contribution in [0.4, 0.5) is 0 Å². The van der Waals surface area contributed by atoms with Crippen molar-refractivity contribution in [2.24, 2.45) is 0 Å². The highest BCUT2D eigenvalue weighted by Gasteiger charge is 2.43. The summed E-state index contributed by atoms with van der Waals surface area (Å²) in [7, 11) is 0. The molecule has 0 aliphatic carbocycles. The third kappa shape index (κ3) is 3.59. The van der Waals surface area contributed by atoms with Crippen LogP contribution in [-0.2, 0) is 12.0 Å². The average molecular weight is 456 g/mol. The maximum atomic E-state index is 13.5. The van der Waals surface area contributed by atoms with E-state index in [1.165, 1.54) is 5.56 Å². The van der Waals surface area contributed by atoms with Crippen LogP contribution in [0.25, 0.3) is 11.3 Å². The molecule has 1 atom stereocenters. The van der Waals surface area contributed by atoms with Crippen molar-refractivity contribution >= 4 is 5.91 Å². The first-order valence-corrected chi connectivity index (χ1v) is 11.5. The molecule has 1 amide bonds. The number of carbonyl (C=O) groups is 1. The highest BCUT2D eigenvalue weighted by atomic mass is 16.3. The lowest BCUT2D eigenvalue weighted by molar-refractivity contribution is 0.0717. The second kappa shape index (κ2) is 7.90. The van der Waals surface area contributed by atoms with Gasteiger partial charge in [-0.25, -0.2) is 0 Å². The van der Waals surface area contributed by atoms with Crippen LogP contribution in [0, 0.1) is 13.8 Å². The van der Waals surface area contributed by atoms with Crippen molar-refractivity contribution in [3.63, 3.8) is 0 Å². The van der Waals surface area contributed by atoms with E-state index >= 15 is 0 Å². The zero-order chi connectivity index (χ0) is 24.2. The predicted octanol–water partition coefficient (Wildman–Crippen LogP) is 6.04. The van der Waals surface area contributed by atoms with E-state index < -0.39 is 0 Å². The summed E-state index contributed by atoms with van der Waals surface area (Å²) in [6, 6.07) is 15.6. The zero-order valence-corrected chi connectivity index (χ0v) is 20.1. The number of furan rings is 1. The first-order chi connectivity index (χ1) is 16.1. The molecule has 5 rings (SSSR count). The number of phenolic OH excluding ortho intramolecular Hbond substituents is 1. The van der Waals surface area contributed by atoms with E-state index in [9.17, 15) is 9.90 Å². The average Bonchev–Trinajstić information content (AvgIpc) is 3.50. The third-order valence-electron chi connectivity index (χ3n) is 6.56. The van der Waals surface area contributed by atoms with Crippen molar-refractivity contribution < 1.29 is 14.3 Å². The quantitative estimate of drug-likeness (QED) is 0.393. The number of aromatic amines is 1. The number of rotatable bonds is 4. The van der Waals surface area contributed by atoms with Crippen LogP contribution in [0.5, 0.6) is 5.75 Å². The van der Waals surface area contributed by atoms with Gasteiger partial charge in [-0.15, -0.1) is 0 Å². The number of hydrogen-bond donors (Lipinski definition) is 2. The summed E-state index contributed by atoms with van der Waals surface area (Å²) < 4.78 is 5.57. The Bertz CT molecular complexity index is 1360. The van der Waals surface area contributed by atoms with Crippen molar-refractivity contribution in [2.75, 3.05) is 0 Å². The Morgan fingerprint density at radius 2 is 1.85 bits per heavy atom. The molecule has 1 unspecified atom stereocenters. The summed E-state index contributed by atoms with van der Waals surface area (Å²) in [4.78, 5) is 15.3. The topological polar surface area (TPSA) is 82.4 Å². The Morgan fingerprint density at radius 3 is 2.50 bits per heavy atom. The Kier molecular flexibility index (Phi) is 5.12. The van der Waals surface area contributed by atoms with E-state index in [2.05, 4.69) is 55.2 Å². The van der Waals surface area contributed by atoms with Gasteiger partial charge >= 0.3 is 0 Å². The summed E-state index contributed by atoms with van der Waals surface area (Å²) in [6.45, 7) is 10.7. The van der Waals surface area contributed by atoms with Gasteiger partial charge in [0.2, 0.25) is 0 Å². The number of fused-ring (bicyclic) bond motifs is 1. The number of H-pyrrole nitrogens is 1. The van der Waals surface area contributed by atoms with Gasteiger partial charge < -0.3 is 14.4 Å². The van der Waals surface area contributed by atoms with Gasteiger partial charge in [-0.2, -0.15) is 5.10 Å². The van der Waals surface area contributed by atoms with Crippen molar-refractivity contribution in [2.45, 2.75) is 52.6 Å². The van der Waals surface area contributed by atoms with Crippen LogP contribution in [0.15, 0.2) is 59.2 Å². The van der Waals surface area contributed by atoms with Gasteiger partial charge in [-0.1, -0.05) is 51.1 Å². The lowest BCUT2D eigenvalue weighted by atomic mass is 9.85. The highest BCUT2D eigenvalue weighted by Crippen LogP contribution is 2.46. The Balaban J connectivity index is 1.68. The van der Waals surface area contributed by atoms with Crippen LogP contribution in [0.3, 0.4) is 0 Å². The van der Waals surface area contributed by atoms with Crippen molar-refractivity contribution in [1.82, 2.24) is 15.1 Å². The fourth-order valence-electron chi connectivity index (χ4n) is 4.79. The third-order valence-corrected chi connectivity index (χ3v) is 6.56. The summed E-state index contributed by atoms with van der Waals surface area (Å²) >= 11 is 0. The SMILES string of the molecule is Cc1cc(C)c(O)c(-c2n[nH]c3c2C(c2ccc(C(C)(C)C)cc2)N(Cc2ccco2)C3=O)c1. The fourth-order valence-corrected chi connectivity index (χ4v) is 4.79. The zero-order valence-electron chi connectivity index (χ0n) is 20.1. The van der Waals surface area contributed by atoms with E-state index in [4.69, 9.17) is 4.42 Å². The molecule has 174 valence electrons. The van der Waals surface area contributed by atoms with E-state index in [1.807, 2.05) is 38.1 Å². The molecule has 0 fully saturated rings. The molecule has 1 aliphatic rings. The van der Waals surface area contributed by atoms with E-state index in [0.29, 0.717) is 29.3 Å². The largest absolute Gasteiger partial charge is 0.507 e. The predicted molar refractivity (Wildman–Crippen MR) is 131 cm³/mol. The Hall–Kier alpha value is -3.80. The van der Waals surface area contributed by atoms with Crippen molar-refractivity contribution in [3.8, 4) is 17.0 Å². The maximum absolute atomic E-state index is 13.5. The number of nitrogens with one attached hydrogen (secondary N) is 1. The van der Waals surface area contributed by atoms with Crippen LogP contribution < -0.4 is 0 Å². The molecule has 1 aliphatic heterocycles. The lowest BCUT2D eigenvalue weighted by Crippen LogP contribution is -2.29. The summed E-state index contributed by atoms with van der Waals surface area (Å²) in [6.07, 6.45) is 1.61. The molecule has 6 heteroatoms. The minimum atomic E-state index is -0.365. The molecule has 4 aromatic rings. The van der Waals surface area contributed by atoms with Gasteiger partial charge in [0.15, 0.2) is 0 Å². The molecule has 2 N–H and O–H groups in total. The number of carbonyl (C=O) groups excluding carboxylic acids is 1. The van der Waals surface area contributed by atoms with Gasteiger partial charge in [0.05, 0.1) is 18.8 Å². The van der Waals surface area contributed by atoms with Crippen molar-refractivity contribution in [1.29, 1.82) is 0 Å². The molecule has 2 aromatic carbocycles. The van der Waals surface area contributed by atoms with Gasteiger partial charge in [0.25, 0.3) is 5.91 Å². The molecule has 6 nitrogen and oxygen atoms in total. The normalized spacial score (nSPS) is 15.7. The smallest absolute Gasteiger partial charge is 0.273 e. The Morgan fingerprint density at radius 1 is 1.12 bits per heavy atom. The molecule has 3 heterocycles. The molecule has 0 saturated carbocycles. The number of benzene rings is 2. The molecular weight excluding hydrogens is 426 g/mol. The summed E-state index contributed by atoms with van der Waals surface area (Å²) in [5.74, 6) is 0.746. The molecule has 0 bridgehead atoms. The minimum Gasteiger partial charge on any atom is -0.507 e. The first kappa shape index (κ1) is 22.0. The van der Waals surface area contributed by atoms with Crippen LogP contribution >= 0.6 is 0 Å². The summed E-state index contributed by atoms with van der Waals surface area (Å²) in [5.41, 5.74) is 6.47.